The van der Waals surface area contributed by atoms with E-state index in [1.807, 2.05) is 12.3 Å². The number of fused-ring (bicyclic) bond motifs is 1. The summed E-state index contributed by atoms with van der Waals surface area (Å²) in [6.45, 7) is 5.27. The Morgan fingerprint density at radius 3 is 3.00 bits per heavy atom. The van der Waals surface area contributed by atoms with Crippen LogP contribution in [-0.4, -0.2) is 9.55 Å². The third-order valence-electron chi connectivity index (χ3n) is 1.99. The summed E-state index contributed by atoms with van der Waals surface area (Å²) in [5.74, 6) is 1.41. The van der Waals surface area contributed by atoms with E-state index in [2.05, 4.69) is 41.9 Å². The normalized spacial score (nSPS) is 11.3. The molecule has 2 rings (SSSR count). The highest BCUT2D eigenvalue weighted by molar-refractivity contribution is 5.59. The summed E-state index contributed by atoms with van der Waals surface area (Å²) < 4.78 is 2.18. The highest BCUT2D eigenvalue weighted by Gasteiger charge is 2.03. The molecular formula is C11H13N2. The fourth-order valence-corrected chi connectivity index (χ4v) is 1.46. The van der Waals surface area contributed by atoms with Gasteiger partial charge in [0.05, 0.1) is 5.69 Å². The third kappa shape index (κ3) is 1.72. The van der Waals surface area contributed by atoms with E-state index in [9.17, 15) is 0 Å². The van der Waals surface area contributed by atoms with Crippen molar-refractivity contribution in [1.82, 2.24) is 9.55 Å². The first-order valence-corrected chi connectivity index (χ1v) is 4.45. The van der Waals surface area contributed by atoms with Gasteiger partial charge in [0, 0.05) is 30.7 Å². The van der Waals surface area contributed by atoms with Crippen molar-refractivity contribution in [3.05, 3.63) is 36.6 Å². The number of hydrogen-bond donors (Lipinski definition) is 0. The Kier molecular flexibility index (Phi) is 2.05. The standard InChI is InChI=1S/C11H13N2/c1-9(2)7-13-6-4-11-10(8-13)3-5-12-11/h3-6,8H,7H2,1-2H3. The molecule has 67 valence electrons. The average Bonchev–Trinajstić information content (AvgIpc) is 2.49. The summed E-state index contributed by atoms with van der Waals surface area (Å²) in [5, 5.41) is 0. The van der Waals surface area contributed by atoms with Gasteiger partial charge in [-0.2, -0.15) is 0 Å². The second kappa shape index (κ2) is 3.21. The van der Waals surface area contributed by atoms with Crippen LogP contribution < -0.4 is 0 Å². The number of pyridine rings is 1. The molecule has 0 aromatic carbocycles. The molecule has 0 N–H and O–H groups in total. The van der Waals surface area contributed by atoms with Gasteiger partial charge in [-0.25, -0.2) is 0 Å². The maximum absolute atomic E-state index is 4.22. The molecule has 0 amide bonds. The van der Waals surface area contributed by atoms with Gasteiger partial charge in [-0.15, -0.1) is 0 Å². The quantitative estimate of drug-likeness (QED) is 0.682. The third-order valence-corrected chi connectivity index (χ3v) is 1.99. The van der Waals surface area contributed by atoms with Crippen molar-refractivity contribution in [3.8, 4) is 11.3 Å². The Hall–Kier alpha value is -1.31. The lowest BCUT2D eigenvalue weighted by atomic mass is 10.2. The Labute approximate surface area is 78.6 Å². The first kappa shape index (κ1) is 8.30. The minimum Gasteiger partial charge on any atom is -0.353 e. The molecule has 2 heterocycles. The van der Waals surface area contributed by atoms with E-state index in [0.717, 1.165) is 12.2 Å². The molecule has 0 aliphatic carbocycles. The number of aromatic nitrogens is 2. The SMILES string of the molecule is C[C](C)Cn1ccc2nccc-2c1. The minimum absolute atomic E-state index is 0.987. The van der Waals surface area contributed by atoms with Crippen LogP contribution in [0.1, 0.15) is 13.8 Å². The van der Waals surface area contributed by atoms with Gasteiger partial charge in [0.1, 0.15) is 0 Å². The second-order valence-electron chi connectivity index (χ2n) is 3.61. The highest BCUT2D eigenvalue weighted by Crippen LogP contribution is 2.18. The zero-order valence-electron chi connectivity index (χ0n) is 7.99. The van der Waals surface area contributed by atoms with E-state index in [0.29, 0.717) is 0 Å². The zero-order chi connectivity index (χ0) is 9.26. The van der Waals surface area contributed by atoms with Gasteiger partial charge in [-0.3, -0.25) is 4.98 Å². The van der Waals surface area contributed by atoms with E-state index in [1.165, 1.54) is 11.5 Å². The molecule has 2 aliphatic rings. The lowest BCUT2D eigenvalue weighted by molar-refractivity contribution is 0.707. The van der Waals surface area contributed by atoms with Crippen molar-refractivity contribution in [1.29, 1.82) is 0 Å². The molecule has 0 bridgehead atoms. The molecule has 0 aromatic rings. The van der Waals surface area contributed by atoms with Crippen LogP contribution in [0.15, 0.2) is 30.7 Å². The van der Waals surface area contributed by atoms with Crippen LogP contribution in [0.4, 0.5) is 0 Å². The van der Waals surface area contributed by atoms with Crippen molar-refractivity contribution in [2.75, 3.05) is 0 Å². The number of nitrogens with zero attached hydrogens (tertiary/aromatic N) is 2. The lowest BCUT2D eigenvalue weighted by Crippen LogP contribution is -2.02. The van der Waals surface area contributed by atoms with Crippen LogP contribution in [-0.2, 0) is 6.54 Å². The van der Waals surface area contributed by atoms with Gasteiger partial charge < -0.3 is 4.57 Å². The molecule has 0 atom stereocenters. The van der Waals surface area contributed by atoms with E-state index in [4.69, 9.17) is 0 Å². The van der Waals surface area contributed by atoms with Crippen LogP contribution in [0.2, 0.25) is 0 Å². The van der Waals surface area contributed by atoms with Crippen LogP contribution in [0, 0.1) is 5.92 Å². The van der Waals surface area contributed by atoms with E-state index in [-0.39, 0.29) is 0 Å². The Morgan fingerprint density at radius 1 is 1.38 bits per heavy atom. The predicted molar refractivity (Wildman–Crippen MR) is 53.4 cm³/mol. The molecule has 0 spiro atoms. The van der Waals surface area contributed by atoms with Crippen molar-refractivity contribution >= 4 is 0 Å². The van der Waals surface area contributed by atoms with Crippen molar-refractivity contribution < 1.29 is 0 Å². The van der Waals surface area contributed by atoms with Crippen LogP contribution in [0.3, 0.4) is 0 Å². The monoisotopic (exact) mass is 173 g/mol. The number of rotatable bonds is 2. The largest absolute Gasteiger partial charge is 0.353 e. The molecule has 2 nitrogen and oxygen atoms in total. The molecule has 0 saturated heterocycles. The van der Waals surface area contributed by atoms with Crippen molar-refractivity contribution in [2.24, 2.45) is 0 Å². The summed E-state index contributed by atoms with van der Waals surface area (Å²) in [5.41, 5.74) is 2.29. The van der Waals surface area contributed by atoms with Gasteiger partial charge in [0.2, 0.25) is 0 Å². The van der Waals surface area contributed by atoms with E-state index < -0.39 is 0 Å². The molecular weight excluding hydrogens is 160 g/mol. The maximum Gasteiger partial charge on any atom is 0.0731 e. The van der Waals surface area contributed by atoms with Gasteiger partial charge >= 0.3 is 0 Å². The minimum atomic E-state index is 0.987. The summed E-state index contributed by atoms with van der Waals surface area (Å²) in [6.07, 6.45) is 6.05. The average molecular weight is 173 g/mol. The zero-order valence-corrected chi connectivity index (χ0v) is 7.99. The molecule has 0 aromatic heterocycles. The molecule has 2 heteroatoms. The van der Waals surface area contributed by atoms with E-state index >= 15 is 0 Å². The van der Waals surface area contributed by atoms with Gasteiger partial charge in [-0.1, -0.05) is 13.8 Å². The topological polar surface area (TPSA) is 17.8 Å². The fourth-order valence-electron chi connectivity index (χ4n) is 1.46. The number of hydrogen-bond acceptors (Lipinski definition) is 1. The predicted octanol–water partition coefficient (Wildman–Crippen LogP) is 2.60. The molecule has 0 fully saturated rings. The summed E-state index contributed by atoms with van der Waals surface area (Å²) in [7, 11) is 0. The van der Waals surface area contributed by atoms with Gasteiger partial charge in [0.15, 0.2) is 0 Å². The Bertz CT molecular complexity index is 362. The Balaban J connectivity index is 2.33. The lowest BCUT2D eigenvalue weighted by Gasteiger charge is -2.10. The maximum atomic E-state index is 4.22. The van der Waals surface area contributed by atoms with Gasteiger partial charge in [0.25, 0.3) is 0 Å². The molecule has 0 unspecified atom stereocenters. The highest BCUT2D eigenvalue weighted by atomic mass is 14.9. The second-order valence-corrected chi connectivity index (χ2v) is 3.61. The smallest absolute Gasteiger partial charge is 0.0731 e. The first-order chi connectivity index (χ1) is 6.25. The molecule has 13 heavy (non-hydrogen) atoms. The van der Waals surface area contributed by atoms with E-state index in [1.54, 1.807) is 0 Å². The van der Waals surface area contributed by atoms with Gasteiger partial charge in [-0.05, 0) is 18.1 Å². The first-order valence-electron chi connectivity index (χ1n) is 4.45. The molecule has 0 saturated carbocycles. The summed E-state index contributed by atoms with van der Waals surface area (Å²) >= 11 is 0. The van der Waals surface area contributed by atoms with Crippen LogP contribution in [0.25, 0.3) is 11.3 Å². The van der Waals surface area contributed by atoms with Crippen molar-refractivity contribution in [2.45, 2.75) is 20.4 Å². The summed E-state index contributed by atoms with van der Waals surface area (Å²) in [6, 6.07) is 4.09. The summed E-state index contributed by atoms with van der Waals surface area (Å²) in [4.78, 5) is 4.22. The molecule has 1 radical (unpaired) electrons. The fraction of sp³-hybridized carbons (Fsp3) is 0.273. The van der Waals surface area contributed by atoms with Crippen LogP contribution in [0.5, 0.6) is 0 Å². The Morgan fingerprint density at radius 2 is 2.23 bits per heavy atom. The van der Waals surface area contributed by atoms with Crippen molar-refractivity contribution in [3.63, 3.8) is 0 Å². The van der Waals surface area contributed by atoms with Crippen LogP contribution >= 0.6 is 0 Å². The molecule has 2 aliphatic heterocycles.